The van der Waals surface area contributed by atoms with Gasteiger partial charge in [-0.05, 0) is 54.4 Å². The van der Waals surface area contributed by atoms with E-state index in [1.54, 1.807) is 6.20 Å². The van der Waals surface area contributed by atoms with E-state index in [0.29, 0.717) is 11.1 Å². The maximum absolute atomic E-state index is 13.5. The zero-order valence-corrected chi connectivity index (χ0v) is 10.9. The summed E-state index contributed by atoms with van der Waals surface area (Å²) in [6, 6.07) is 13.7. The number of nitrogens with zero attached hydrogens (tertiary/aromatic N) is 1. The zero-order valence-electron chi connectivity index (χ0n) is 10.9. The number of rotatable bonds is 2. The summed E-state index contributed by atoms with van der Waals surface area (Å²) in [5, 5.41) is 0.962. The lowest BCUT2D eigenvalue weighted by Crippen LogP contribution is -1.97. The van der Waals surface area contributed by atoms with Crippen LogP contribution < -0.4 is 0 Å². The van der Waals surface area contributed by atoms with Crippen molar-refractivity contribution in [2.24, 2.45) is 0 Å². The smallest absolute Gasteiger partial charge is 0.160 e. The molecule has 0 atom stereocenters. The number of carbonyl (C=O) groups is 1. The Balaban J connectivity index is 2.24. The van der Waals surface area contributed by atoms with Gasteiger partial charge in [0.25, 0.3) is 0 Å². The summed E-state index contributed by atoms with van der Waals surface area (Å²) in [6.45, 7) is 1.49. The highest BCUT2D eigenvalue weighted by Crippen LogP contribution is 2.27. The fourth-order valence-corrected chi connectivity index (χ4v) is 2.31. The second kappa shape index (κ2) is 4.85. The maximum atomic E-state index is 13.5. The molecular weight excluding hydrogens is 253 g/mol. The third kappa shape index (κ3) is 2.18. The standard InChI is InChI=1S/C17H12FNO/c1-11(20)15-6-5-14(18)10-16(15)12-4-7-17-13(9-12)3-2-8-19-17/h2-10H,1H3. The summed E-state index contributed by atoms with van der Waals surface area (Å²) >= 11 is 0. The van der Waals surface area contributed by atoms with E-state index in [2.05, 4.69) is 4.98 Å². The average molecular weight is 265 g/mol. The third-order valence-electron chi connectivity index (χ3n) is 3.27. The predicted molar refractivity (Wildman–Crippen MR) is 77.1 cm³/mol. The molecule has 0 fully saturated rings. The van der Waals surface area contributed by atoms with Crippen LogP contribution in [0.3, 0.4) is 0 Å². The Morgan fingerprint density at radius 2 is 1.95 bits per heavy atom. The summed E-state index contributed by atoms with van der Waals surface area (Å²) in [5.74, 6) is -0.428. The van der Waals surface area contributed by atoms with E-state index in [1.165, 1.54) is 25.1 Å². The summed E-state index contributed by atoms with van der Waals surface area (Å²) in [7, 11) is 0. The van der Waals surface area contributed by atoms with Gasteiger partial charge >= 0.3 is 0 Å². The highest BCUT2D eigenvalue weighted by molar-refractivity contribution is 6.01. The minimum absolute atomic E-state index is 0.0775. The summed E-state index contributed by atoms with van der Waals surface area (Å²) in [4.78, 5) is 15.9. The average Bonchev–Trinajstić information content (AvgIpc) is 2.46. The maximum Gasteiger partial charge on any atom is 0.160 e. The van der Waals surface area contributed by atoms with E-state index < -0.39 is 0 Å². The number of pyridine rings is 1. The molecule has 2 nitrogen and oxygen atoms in total. The van der Waals surface area contributed by atoms with Crippen molar-refractivity contribution in [1.29, 1.82) is 0 Å². The van der Waals surface area contributed by atoms with Crippen LogP contribution in [0.1, 0.15) is 17.3 Å². The Morgan fingerprint density at radius 3 is 2.75 bits per heavy atom. The van der Waals surface area contributed by atoms with Crippen LogP contribution in [0.15, 0.2) is 54.7 Å². The molecule has 0 aliphatic rings. The lowest BCUT2D eigenvalue weighted by atomic mass is 9.96. The number of halogens is 1. The molecule has 3 rings (SSSR count). The van der Waals surface area contributed by atoms with E-state index in [-0.39, 0.29) is 11.6 Å². The Hall–Kier alpha value is -2.55. The molecule has 1 heterocycles. The second-order valence-electron chi connectivity index (χ2n) is 4.66. The van der Waals surface area contributed by atoms with Gasteiger partial charge in [0.15, 0.2) is 5.78 Å². The Kier molecular flexibility index (Phi) is 3.03. The van der Waals surface area contributed by atoms with Crippen LogP contribution >= 0.6 is 0 Å². The van der Waals surface area contributed by atoms with Crippen LogP contribution in [0.5, 0.6) is 0 Å². The highest BCUT2D eigenvalue weighted by Gasteiger charge is 2.11. The molecule has 0 unspecified atom stereocenters. The number of ketones is 1. The summed E-state index contributed by atoms with van der Waals surface area (Å²) in [6.07, 6.45) is 1.73. The van der Waals surface area contributed by atoms with Gasteiger partial charge in [0.1, 0.15) is 5.82 Å². The Bertz CT molecular complexity index is 811. The van der Waals surface area contributed by atoms with Gasteiger partial charge in [-0.15, -0.1) is 0 Å². The van der Waals surface area contributed by atoms with Crippen molar-refractivity contribution in [2.45, 2.75) is 6.92 Å². The van der Waals surface area contributed by atoms with Gasteiger partial charge in [0, 0.05) is 17.1 Å². The quantitative estimate of drug-likeness (QED) is 0.648. The number of fused-ring (bicyclic) bond motifs is 1. The van der Waals surface area contributed by atoms with Crippen molar-refractivity contribution in [2.75, 3.05) is 0 Å². The zero-order chi connectivity index (χ0) is 14.1. The van der Waals surface area contributed by atoms with Crippen molar-refractivity contribution in [3.05, 3.63) is 66.1 Å². The molecule has 0 saturated carbocycles. The molecule has 2 aromatic carbocycles. The van der Waals surface area contributed by atoms with Crippen LogP contribution in [0, 0.1) is 5.82 Å². The number of benzene rings is 2. The van der Waals surface area contributed by atoms with Crippen molar-refractivity contribution in [3.8, 4) is 11.1 Å². The number of hydrogen-bond donors (Lipinski definition) is 0. The molecule has 0 saturated heterocycles. The van der Waals surface area contributed by atoms with Gasteiger partial charge in [-0.2, -0.15) is 0 Å². The largest absolute Gasteiger partial charge is 0.294 e. The lowest BCUT2D eigenvalue weighted by molar-refractivity contribution is 0.101. The molecule has 0 spiro atoms. The van der Waals surface area contributed by atoms with E-state index >= 15 is 0 Å². The van der Waals surface area contributed by atoms with Crippen molar-refractivity contribution in [3.63, 3.8) is 0 Å². The molecule has 98 valence electrons. The number of Topliss-reactive ketones (excluding diaryl/α,β-unsaturated/α-hetero) is 1. The normalized spacial score (nSPS) is 10.7. The van der Waals surface area contributed by atoms with Gasteiger partial charge in [-0.3, -0.25) is 9.78 Å². The SMILES string of the molecule is CC(=O)c1ccc(F)cc1-c1ccc2ncccc2c1. The van der Waals surface area contributed by atoms with Crippen molar-refractivity contribution in [1.82, 2.24) is 4.98 Å². The van der Waals surface area contributed by atoms with Gasteiger partial charge in [-0.1, -0.05) is 12.1 Å². The first-order chi connectivity index (χ1) is 9.65. The Morgan fingerprint density at radius 1 is 1.10 bits per heavy atom. The van der Waals surface area contributed by atoms with Crippen LogP contribution in [-0.4, -0.2) is 10.8 Å². The molecular formula is C17H12FNO. The molecule has 0 aliphatic carbocycles. The van der Waals surface area contributed by atoms with Crippen molar-refractivity contribution >= 4 is 16.7 Å². The van der Waals surface area contributed by atoms with Crippen LogP contribution in [0.2, 0.25) is 0 Å². The van der Waals surface area contributed by atoms with E-state index in [4.69, 9.17) is 0 Å². The van der Waals surface area contributed by atoms with Crippen LogP contribution in [0.4, 0.5) is 4.39 Å². The van der Waals surface area contributed by atoms with Gasteiger partial charge in [0.05, 0.1) is 5.52 Å². The Labute approximate surface area is 115 Å². The third-order valence-corrected chi connectivity index (χ3v) is 3.27. The van der Waals surface area contributed by atoms with Gasteiger partial charge in [-0.25, -0.2) is 4.39 Å². The molecule has 3 heteroatoms. The molecule has 0 aliphatic heterocycles. The molecule has 3 aromatic rings. The molecule has 20 heavy (non-hydrogen) atoms. The molecule has 1 aromatic heterocycles. The first kappa shape index (κ1) is 12.5. The number of aromatic nitrogens is 1. The minimum Gasteiger partial charge on any atom is -0.294 e. The summed E-state index contributed by atoms with van der Waals surface area (Å²) < 4.78 is 13.5. The van der Waals surface area contributed by atoms with Crippen molar-refractivity contribution < 1.29 is 9.18 Å². The molecule has 0 radical (unpaired) electrons. The fraction of sp³-hybridized carbons (Fsp3) is 0.0588. The van der Waals surface area contributed by atoms with Gasteiger partial charge < -0.3 is 0 Å². The number of carbonyl (C=O) groups excluding carboxylic acids is 1. The predicted octanol–water partition coefficient (Wildman–Crippen LogP) is 4.24. The minimum atomic E-state index is -0.351. The first-order valence-electron chi connectivity index (χ1n) is 6.31. The van der Waals surface area contributed by atoms with Crippen LogP contribution in [-0.2, 0) is 0 Å². The second-order valence-corrected chi connectivity index (χ2v) is 4.66. The summed E-state index contributed by atoms with van der Waals surface area (Å²) in [5.41, 5.74) is 2.82. The van der Waals surface area contributed by atoms with Gasteiger partial charge in [0.2, 0.25) is 0 Å². The van der Waals surface area contributed by atoms with E-state index in [0.717, 1.165) is 16.5 Å². The monoisotopic (exact) mass is 265 g/mol. The van der Waals surface area contributed by atoms with Crippen LogP contribution in [0.25, 0.3) is 22.0 Å². The highest BCUT2D eigenvalue weighted by atomic mass is 19.1. The molecule has 0 bridgehead atoms. The van der Waals surface area contributed by atoms with E-state index in [1.807, 2.05) is 30.3 Å². The fourth-order valence-electron chi connectivity index (χ4n) is 2.31. The lowest BCUT2D eigenvalue weighted by Gasteiger charge is -2.08. The molecule has 0 N–H and O–H groups in total. The van der Waals surface area contributed by atoms with E-state index in [9.17, 15) is 9.18 Å². The topological polar surface area (TPSA) is 30.0 Å². The first-order valence-corrected chi connectivity index (χ1v) is 6.31. The number of hydrogen-bond acceptors (Lipinski definition) is 2. The molecule has 0 amide bonds.